The molecule has 0 aromatic carbocycles. The van der Waals surface area contributed by atoms with Crippen LogP contribution < -0.4 is 0 Å². The minimum absolute atomic E-state index is 0.0157. The molecule has 0 heterocycles. The Balaban J connectivity index is 0. The molecule has 0 aromatic rings. The lowest BCUT2D eigenvalue weighted by Gasteiger charge is -2.06. The van der Waals surface area contributed by atoms with Crippen LogP contribution in [-0.2, 0) is 0 Å². The Morgan fingerprint density at radius 3 is 1.56 bits per heavy atom. The van der Waals surface area contributed by atoms with Crippen molar-refractivity contribution < 1.29 is 10.2 Å². The largest absolute Gasteiger partial charge is 0.384 e. The van der Waals surface area contributed by atoms with Crippen LogP contribution in [0.25, 0.3) is 0 Å². The molecule has 0 saturated carbocycles. The molecule has 0 aliphatic heterocycles. The second kappa shape index (κ2) is 9.28. The van der Waals surface area contributed by atoms with Gasteiger partial charge in [-0.05, 0) is 13.8 Å². The van der Waals surface area contributed by atoms with Gasteiger partial charge in [-0.25, -0.2) is 0 Å². The zero-order valence-electron chi connectivity index (χ0n) is 11.3. The van der Waals surface area contributed by atoms with Crippen LogP contribution in [0.2, 0.25) is 0 Å². The van der Waals surface area contributed by atoms with Crippen LogP contribution in [0.4, 0.5) is 0 Å². The number of aliphatic hydroxyl groups excluding tert-OH is 1. The average molecular weight is 224 g/mol. The highest BCUT2D eigenvalue weighted by molar-refractivity contribution is 5.11. The summed E-state index contributed by atoms with van der Waals surface area (Å²) in [5.41, 5.74) is -0.829. The summed E-state index contributed by atoms with van der Waals surface area (Å²) in [6.45, 7) is 11.3. The van der Waals surface area contributed by atoms with Crippen molar-refractivity contribution in [3.8, 4) is 23.7 Å². The summed E-state index contributed by atoms with van der Waals surface area (Å²) in [6.07, 6.45) is 0. The highest BCUT2D eigenvalue weighted by Gasteiger charge is 2.05. The molecule has 0 rings (SSSR count). The molecule has 16 heavy (non-hydrogen) atoms. The van der Waals surface area contributed by atoms with E-state index >= 15 is 0 Å². The molecular weight excluding hydrogens is 200 g/mol. The Morgan fingerprint density at radius 1 is 1.00 bits per heavy atom. The van der Waals surface area contributed by atoms with E-state index in [2.05, 4.69) is 23.7 Å². The summed E-state index contributed by atoms with van der Waals surface area (Å²) in [5.74, 6) is 11.7. The quantitative estimate of drug-likeness (QED) is 0.618. The lowest BCUT2D eigenvalue weighted by molar-refractivity contribution is 0.143. The highest BCUT2D eigenvalue weighted by atomic mass is 16.3. The first kappa shape index (κ1) is 17.4. The van der Waals surface area contributed by atoms with Gasteiger partial charge in [0, 0.05) is 11.8 Å². The average Bonchev–Trinajstić information content (AvgIpc) is 2.11. The Bertz CT molecular complexity index is 274. The maximum atomic E-state index is 9.09. The molecule has 0 aromatic heterocycles. The van der Waals surface area contributed by atoms with Crippen LogP contribution in [0.15, 0.2) is 0 Å². The Kier molecular flexibility index (Phi) is 10.1. The van der Waals surface area contributed by atoms with Gasteiger partial charge in [0.25, 0.3) is 0 Å². The van der Waals surface area contributed by atoms with Crippen molar-refractivity contribution in [3.63, 3.8) is 0 Å². The van der Waals surface area contributed by atoms with Gasteiger partial charge in [-0.2, -0.15) is 0 Å². The second-order valence-corrected chi connectivity index (χ2v) is 4.62. The van der Waals surface area contributed by atoms with Crippen molar-refractivity contribution in [2.24, 2.45) is 11.8 Å². The third-order valence-electron chi connectivity index (χ3n) is 1.14. The van der Waals surface area contributed by atoms with Gasteiger partial charge in [0.05, 0.1) is 0 Å². The van der Waals surface area contributed by atoms with E-state index in [-0.39, 0.29) is 6.61 Å². The third kappa shape index (κ3) is 23.1. The van der Waals surface area contributed by atoms with E-state index in [0.717, 1.165) is 0 Å². The van der Waals surface area contributed by atoms with Crippen LogP contribution in [0.5, 0.6) is 0 Å². The maximum Gasteiger partial charge on any atom is 0.119 e. The first-order valence-corrected chi connectivity index (χ1v) is 5.53. The molecule has 2 N–H and O–H groups in total. The zero-order valence-corrected chi connectivity index (χ0v) is 11.3. The zero-order chi connectivity index (χ0) is 13.2. The lowest BCUT2D eigenvalue weighted by Crippen LogP contribution is -2.14. The normalized spacial score (nSPS) is 9.62. The van der Waals surface area contributed by atoms with E-state index in [9.17, 15) is 0 Å². The van der Waals surface area contributed by atoms with Gasteiger partial charge < -0.3 is 10.2 Å². The maximum absolute atomic E-state index is 9.09. The molecule has 0 bridgehead atoms. The minimum Gasteiger partial charge on any atom is -0.384 e. The van der Waals surface area contributed by atoms with Gasteiger partial charge in [0.2, 0.25) is 0 Å². The summed E-state index contributed by atoms with van der Waals surface area (Å²) < 4.78 is 0. The van der Waals surface area contributed by atoms with Gasteiger partial charge in [0.15, 0.2) is 0 Å². The molecular formula is C14H24O2. The van der Waals surface area contributed by atoms with E-state index < -0.39 is 5.60 Å². The lowest BCUT2D eigenvalue weighted by atomic mass is 10.1. The monoisotopic (exact) mass is 224 g/mol. The fourth-order valence-corrected chi connectivity index (χ4v) is 0.571. The molecule has 2 heteroatoms. The van der Waals surface area contributed by atoms with Crippen LogP contribution in [0.1, 0.15) is 41.5 Å². The predicted octanol–water partition coefficient (Wildman–Crippen LogP) is 2.05. The molecule has 0 spiro atoms. The summed E-state index contributed by atoms with van der Waals surface area (Å²) in [4.78, 5) is 0. The van der Waals surface area contributed by atoms with Gasteiger partial charge in [-0.3, -0.25) is 0 Å². The first-order valence-electron chi connectivity index (χ1n) is 5.53. The third-order valence-corrected chi connectivity index (χ3v) is 1.14. The van der Waals surface area contributed by atoms with Gasteiger partial charge in [-0.15, -0.1) is 0 Å². The van der Waals surface area contributed by atoms with Crippen molar-refractivity contribution >= 4 is 0 Å². The number of aliphatic hydroxyl groups is 2. The fourth-order valence-electron chi connectivity index (χ4n) is 0.571. The highest BCUT2D eigenvalue weighted by Crippen LogP contribution is 1.98. The summed E-state index contributed by atoms with van der Waals surface area (Å²) in [6, 6.07) is 0. The molecule has 0 amide bonds. The summed E-state index contributed by atoms with van der Waals surface area (Å²) >= 11 is 0. The van der Waals surface area contributed by atoms with Gasteiger partial charge in [0.1, 0.15) is 12.2 Å². The van der Waals surface area contributed by atoms with Crippen molar-refractivity contribution in [2.75, 3.05) is 6.61 Å². The SMILES string of the molecule is CC(C)C#CC(C)(C)O.CC(C)C#CCO. The van der Waals surface area contributed by atoms with Crippen LogP contribution in [0.3, 0.4) is 0 Å². The van der Waals surface area contributed by atoms with Crippen molar-refractivity contribution in [3.05, 3.63) is 0 Å². The molecule has 0 aliphatic rings. The van der Waals surface area contributed by atoms with Gasteiger partial charge in [-0.1, -0.05) is 51.4 Å². The molecule has 92 valence electrons. The Hall–Kier alpha value is -0.960. The second-order valence-electron chi connectivity index (χ2n) is 4.62. The Morgan fingerprint density at radius 2 is 1.44 bits per heavy atom. The molecule has 2 nitrogen and oxygen atoms in total. The molecule has 0 radical (unpaired) electrons. The number of hydrogen-bond donors (Lipinski definition) is 2. The van der Waals surface area contributed by atoms with E-state index in [1.165, 1.54) is 0 Å². The smallest absolute Gasteiger partial charge is 0.119 e. The summed E-state index contributed by atoms with van der Waals surface area (Å²) in [5, 5.41) is 17.2. The van der Waals surface area contributed by atoms with Crippen LogP contribution in [0, 0.1) is 35.5 Å². The first-order chi connectivity index (χ1) is 7.19. The topological polar surface area (TPSA) is 40.5 Å². The van der Waals surface area contributed by atoms with E-state index in [4.69, 9.17) is 10.2 Å². The van der Waals surface area contributed by atoms with E-state index in [0.29, 0.717) is 11.8 Å². The molecule has 0 aliphatic carbocycles. The van der Waals surface area contributed by atoms with Crippen molar-refractivity contribution in [1.29, 1.82) is 0 Å². The van der Waals surface area contributed by atoms with Gasteiger partial charge >= 0.3 is 0 Å². The predicted molar refractivity (Wildman–Crippen MR) is 68.6 cm³/mol. The minimum atomic E-state index is -0.829. The van der Waals surface area contributed by atoms with E-state index in [1.807, 2.05) is 27.7 Å². The Labute approximate surface area is 100 Å². The van der Waals surface area contributed by atoms with Crippen LogP contribution in [-0.4, -0.2) is 22.4 Å². The van der Waals surface area contributed by atoms with Crippen molar-refractivity contribution in [2.45, 2.75) is 47.1 Å². The molecule has 0 saturated heterocycles. The van der Waals surface area contributed by atoms with E-state index in [1.54, 1.807) is 13.8 Å². The standard InChI is InChI=1S/C8H14O.C6H10O/c1-7(2)5-6-8(3,4)9;1-6(2)4-3-5-7/h7,9H,1-4H3;6-7H,5H2,1-2H3. The molecule has 0 fully saturated rings. The molecule has 0 atom stereocenters. The molecule has 0 unspecified atom stereocenters. The number of hydrogen-bond acceptors (Lipinski definition) is 2. The van der Waals surface area contributed by atoms with Crippen LogP contribution >= 0.6 is 0 Å². The number of rotatable bonds is 0. The van der Waals surface area contributed by atoms with Crippen molar-refractivity contribution in [1.82, 2.24) is 0 Å². The summed E-state index contributed by atoms with van der Waals surface area (Å²) in [7, 11) is 0. The fraction of sp³-hybridized carbons (Fsp3) is 0.714.